The molecule has 1 N–H and O–H groups in total. The molecule has 1 atom stereocenters. The van der Waals surface area contributed by atoms with E-state index in [-0.39, 0.29) is 23.5 Å². The number of carbonyl (C=O) groups is 1. The third-order valence-electron chi connectivity index (χ3n) is 5.41. The van der Waals surface area contributed by atoms with Crippen LogP contribution in [0.25, 0.3) is 21.6 Å². The van der Waals surface area contributed by atoms with Crippen molar-refractivity contribution in [2.24, 2.45) is 0 Å². The molecule has 1 amide bonds. The summed E-state index contributed by atoms with van der Waals surface area (Å²) in [6.07, 6.45) is 0.503. The summed E-state index contributed by atoms with van der Waals surface area (Å²) in [7, 11) is -3.08. The predicted octanol–water partition coefficient (Wildman–Crippen LogP) is 3.82. The first kappa shape index (κ1) is 20.3. The van der Waals surface area contributed by atoms with Gasteiger partial charge >= 0.3 is 0 Å². The van der Waals surface area contributed by atoms with E-state index >= 15 is 0 Å². The summed E-state index contributed by atoms with van der Waals surface area (Å²) < 4.78 is 25.8. The Morgan fingerprint density at radius 3 is 2.74 bits per heavy atom. The summed E-state index contributed by atoms with van der Waals surface area (Å²) in [6.45, 7) is 2.29. The standard InChI is InChI=1S/C21H20N4O3S3/c1-13-19-16(21(26)22-11-15-4-2-7-29-15)10-17(18-5-3-8-30-18)23-20(19)25(24-13)14-6-9-31(27,28)12-14/h2-5,7-8,10,14H,6,9,11-12H2,1H3,(H,22,26). The molecular formula is C21H20N4O3S3. The van der Waals surface area contributed by atoms with E-state index in [0.717, 1.165) is 9.75 Å². The average Bonchev–Trinajstić information content (AvgIpc) is 3.53. The third kappa shape index (κ3) is 3.90. The highest BCUT2D eigenvalue weighted by atomic mass is 32.2. The number of hydrogen-bond acceptors (Lipinski definition) is 7. The summed E-state index contributed by atoms with van der Waals surface area (Å²) in [5.41, 5.74) is 2.43. The quantitative estimate of drug-likeness (QED) is 0.477. The van der Waals surface area contributed by atoms with Crippen LogP contribution >= 0.6 is 22.7 Å². The number of hydrogen-bond donors (Lipinski definition) is 1. The van der Waals surface area contributed by atoms with Crippen LogP contribution in [0.1, 0.15) is 33.4 Å². The number of sulfone groups is 1. The first-order chi connectivity index (χ1) is 14.9. The highest BCUT2D eigenvalue weighted by Gasteiger charge is 2.32. The van der Waals surface area contributed by atoms with Crippen molar-refractivity contribution in [2.75, 3.05) is 11.5 Å². The first-order valence-corrected chi connectivity index (χ1v) is 13.4. The number of pyridine rings is 1. The zero-order chi connectivity index (χ0) is 21.6. The first-order valence-electron chi connectivity index (χ1n) is 9.86. The minimum absolute atomic E-state index is 0.0496. The SMILES string of the molecule is Cc1nn(C2CCS(=O)(=O)C2)c2nc(-c3cccs3)cc(C(=O)NCc3cccs3)c12. The number of amides is 1. The Morgan fingerprint density at radius 2 is 2.06 bits per heavy atom. The number of thiophene rings is 2. The van der Waals surface area contributed by atoms with Crippen LogP contribution in [0.5, 0.6) is 0 Å². The van der Waals surface area contributed by atoms with Crippen LogP contribution in [-0.4, -0.2) is 40.6 Å². The van der Waals surface area contributed by atoms with E-state index < -0.39 is 9.84 Å². The van der Waals surface area contributed by atoms with Crippen molar-refractivity contribution in [2.45, 2.75) is 25.9 Å². The van der Waals surface area contributed by atoms with Crippen molar-refractivity contribution in [1.29, 1.82) is 0 Å². The van der Waals surface area contributed by atoms with Gasteiger partial charge in [-0.15, -0.1) is 22.7 Å². The summed E-state index contributed by atoms with van der Waals surface area (Å²) in [4.78, 5) is 20.0. The Kier molecular flexibility index (Phi) is 5.15. The van der Waals surface area contributed by atoms with E-state index in [1.807, 2.05) is 48.0 Å². The predicted molar refractivity (Wildman–Crippen MR) is 123 cm³/mol. The van der Waals surface area contributed by atoms with E-state index in [1.54, 1.807) is 27.4 Å². The Balaban J connectivity index is 1.62. The Labute approximate surface area is 187 Å². The summed E-state index contributed by atoms with van der Waals surface area (Å²) in [5, 5.41) is 12.2. The minimum atomic E-state index is -3.08. The maximum atomic E-state index is 13.2. The number of aryl methyl sites for hydroxylation is 1. The Morgan fingerprint density at radius 1 is 1.26 bits per heavy atom. The van der Waals surface area contributed by atoms with E-state index in [2.05, 4.69) is 10.4 Å². The molecule has 1 fully saturated rings. The number of carbonyl (C=O) groups excluding carboxylic acids is 1. The topological polar surface area (TPSA) is 93.9 Å². The number of aromatic nitrogens is 3. The molecule has 0 saturated carbocycles. The lowest BCUT2D eigenvalue weighted by molar-refractivity contribution is 0.0953. The van der Waals surface area contributed by atoms with Gasteiger partial charge in [-0.3, -0.25) is 4.79 Å². The van der Waals surface area contributed by atoms with Crippen molar-refractivity contribution in [3.8, 4) is 10.6 Å². The largest absolute Gasteiger partial charge is 0.347 e. The molecule has 0 aliphatic carbocycles. The van der Waals surface area contributed by atoms with Crippen molar-refractivity contribution in [1.82, 2.24) is 20.1 Å². The number of nitrogens with one attached hydrogen (secondary N) is 1. The fourth-order valence-electron chi connectivity index (χ4n) is 3.94. The minimum Gasteiger partial charge on any atom is -0.347 e. The molecule has 0 spiro atoms. The van der Waals surface area contributed by atoms with Crippen LogP contribution in [0, 0.1) is 6.92 Å². The van der Waals surface area contributed by atoms with Gasteiger partial charge in [0.2, 0.25) is 0 Å². The van der Waals surface area contributed by atoms with Crippen LogP contribution < -0.4 is 5.32 Å². The lowest BCUT2D eigenvalue weighted by Gasteiger charge is -2.12. The Hall–Kier alpha value is -2.56. The normalized spacial score (nSPS) is 17.9. The maximum Gasteiger partial charge on any atom is 0.252 e. The summed E-state index contributed by atoms with van der Waals surface area (Å²) in [6, 6.07) is 9.37. The van der Waals surface area contributed by atoms with E-state index in [9.17, 15) is 13.2 Å². The van der Waals surface area contributed by atoms with Gasteiger partial charge in [0.05, 0.1) is 51.3 Å². The van der Waals surface area contributed by atoms with Gasteiger partial charge in [-0.25, -0.2) is 18.1 Å². The number of nitrogens with zero attached hydrogens (tertiary/aromatic N) is 3. The molecule has 0 bridgehead atoms. The number of fused-ring (bicyclic) bond motifs is 1. The molecule has 5 rings (SSSR count). The molecule has 1 aliphatic rings. The van der Waals surface area contributed by atoms with Crippen molar-refractivity contribution in [3.05, 3.63) is 57.2 Å². The highest BCUT2D eigenvalue weighted by molar-refractivity contribution is 7.91. The van der Waals surface area contributed by atoms with Gasteiger partial charge in [0, 0.05) is 4.88 Å². The molecule has 0 aromatic carbocycles. The molecule has 160 valence electrons. The molecule has 31 heavy (non-hydrogen) atoms. The summed E-state index contributed by atoms with van der Waals surface area (Å²) >= 11 is 3.13. The molecule has 5 heterocycles. The van der Waals surface area contributed by atoms with E-state index in [1.165, 1.54) is 0 Å². The van der Waals surface area contributed by atoms with Crippen LogP contribution in [0.15, 0.2) is 41.1 Å². The molecule has 1 saturated heterocycles. The van der Waals surface area contributed by atoms with Gasteiger partial charge in [-0.05, 0) is 42.3 Å². The van der Waals surface area contributed by atoms with Crippen molar-refractivity contribution < 1.29 is 13.2 Å². The molecular weight excluding hydrogens is 452 g/mol. The smallest absolute Gasteiger partial charge is 0.252 e. The van der Waals surface area contributed by atoms with Gasteiger partial charge in [0.1, 0.15) is 0 Å². The lowest BCUT2D eigenvalue weighted by atomic mass is 10.1. The van der Waals surface area contributed by atoms with Gasteiger partial charge in [0.25, 0.3) is 5.91 Å². The maximum absolute atomic E-state index is 13.2. The van der Waals surface area contributed by atoms with Gasteiger partial charge < -0.3 is 5.32 Å². The van der Waals surface area contributed by atoms with Crippen molar-refractivity contribution >= 4 is 49.5 Å². The molecule has 0 radical (unpaired) electrons. The molecule has 10 heteroatoms. The second kappa shape index (κ2) is 7.85. The average molecular weight is 473 g/mol. The van der Waals surface area contributed by atoms with Crippen molar-refractivity contribution in [3.63, 3.8) is 0 Å². The van der Waals surface area contributed by atoms with Gasteiger partial charge in [-0.1, -0.05) is 12.1 Å². The second-order valence-corrected chi connectivity index (χ2v) is 11.8. The molecule has 7 nitrogen and oxygen atoms in total. The zero-order valence-corrected chi connectivity index (χ0v) is 19.2. The van der Waals surface area contributed by atoms with Gasteiger partial charge in [0.15, 0.2) is 15.5 Å². The van der Waals surface area contributed by atoms with E-state index in [4.69, 9.17) is 4.98 Å². The van der Waals surface area contributed by atoms with Crippen LogP contribution in [0.3, 0.4) is 0 Å². The van der Waals surface area contributed by atoms with Crippen LogP contribution in [-0.2, 0) is 16.4 Å². The molecule has 1 unspecified atom stereocenters. The Bertz CT molecular complexity index is 1360. The second-order valence-electron chi connectivity index (χ2n) is 7.58. The third-order valence-corrected chi connectivity index (χ3v) is 8.93. The fourth-order valence-corrected chi connectivity index (χ4v) is 6.96. The van der Waals surface area contributed by atoms with Crippen LogP contribution in [0.4, 0.5) is 0 Å². The summed E-state index contributed by atoms with van der Waals surface area (Å²) in [5.74, 6) is 0.00512. The number of rotatable bonds is 5. The van der Waals surface area contributed by atoms with Crippen LogP contribution in [0.2, 0.25) is 0 Å². The zero-order valence-electron chi connectivity index (χ0n) is 16.7. The van der Waals surface area contributed by atoms with Gasteiger partial charge in [-0.2, -0.15) is 5.10 Å². The highest BCUT2D eigenvalue weighted by Crippen LogP contribution is 2.33. The lowest BCUT2D eigenvalue weighted by Crippen LogP contribution is -2.23. The monoisotopic (exact) mass is 472 g/mol. The molecule has 4 aromatic rings. The molecule has 4 aromatic heterocycles. The van der Waals surface area contributed by atoms with E-state index in [0.29, 0.717) is 41.0 Å². The molecule has 1 aliphatic heterocycles. The fraction of sp³-hybridized carbons (Fsp3) is 0.286.